The third kappa shape index (κ3) is 1.68. The van der Waals surface area contributed by atoms with Gasteiger partial charge in [0.25, 0.3) is 0 Å². The molecule has 0 spiro atoms. The molecule has 0 aliphatic carbocycles. The third-order valence-corrected chi connectivity index (χ3v) is 3.24. The summed E-state index contributed by atoms with van der Waals surface area (Å²) in [7, 11) is 0. The second-order valence-electron chi connectivity index (χ2n) is 4.07. The number of benzene rings is 1. The molecule has 0 saturated heterocycles. The maximum atomic E-state index is 9.24. The Morgan fingerprint density at radius 1 is 1.29 bits per heavy atom. The van der Waals surface area contributed by atoms with Crippen LogP contribution in [-0.2, 0) is 13.1 Å². The molecule has 0 unspecified atom stereocenters. The molecule has 0 amide bonds. The van der Waals surface area contributed by atoms with Gasteiger partial charge in [-0.05, 0) is 6.42 Å². The van der Waals surface area contributed by atoms with E-state index in [2.05, 4.69) is 31.2 Å². The van der Waals surface area contributed by atoms with E-state index >= 15 is 0 Å². The highest BCUT2D eigenvalue weighted by atomic mass is 16.3. The van der Waals surface area contributed by atoms with Crippen molar-refractivity contribution in [1.82, 2.24) is 0 Å². The minimum atomic E-state index is 0.305. The van der Waals surface area contributed by atoms with Crippen LogP contribution >= 0.6 is 0 Å². The van der Waals surface area contributed by atoms with E-state index in [0.717, 1.165) is 19.5 Å². The molecule has 0 bridgehead atoms. The highest BCUT2D eigenvalue weighted by Gasteiger charge is 2.27. The third-order valence-electron chi connectivity index (χ3n) is 3.24. The van der Waals surface area contributed by atoms with Crippen molar-refractivity contribution in [2.75, 3.05) is 6.61 Å². The molecule has 1 aliphatic heterocycles. The molecule has 1 aromatic rings. The van der Waals surface area contributed by atoms with E-state index in [1.54, 1.807) is 0 Å². The van der Waals surface area contributed by atoms with Gasteiger partial charge in [0.2, 0.25) is 0 Å². The number of quaternary nitrogens is 1. The summed E-state index contributed by atoms with van der Waals surface area (Å²) in [6.45, 7) is 4.61. The average molecular weight is 192 g/mol. The Bertz CT molecular complexity index is 282. The smallest absolute Gasteiger partial charge is 0.111 e. The second-order valence-corrected chi connectivity index (χ2v) is 4.07. The molecule has 2 N–H and O–H groups in total. The molecular formula is C12H18NO+. The zero-order chi connectivity index (χ0) is 9.97. The van der Waals surface area contributed by atoms with Crippen molar-refractivity contribution in [1.29, 1.82) is 0 Å². The van der Waals surface area contributed by atoms with Crippen LogP contribution in [0, 0.1) is 0 Å². The Kier molecular flexibility index (Phi) is 2.85. The highest BCUT2D eigenvalue weighted by molar-refractivity contribution is 5.27. The van der Waals surface area contributed by atoms with Gasteiger partial charge in [-0.15, -0.1) is 0 Å². The highest BCUT2D eigenvalue weighted by Crippen LogP contribution is 2.11. The summed E-state index contributed by atoms with van der Waals surface area (Å²) in [4.78, 5) is 1.51. The second kappa shape index (κ2) is 4.11. The fourth-order valence-electron chi connectivity index (χ4n) is 2.29. The van der Waals surface area contributed by atoms with Crippen molar-refractivity contribution >= 4 is 0 Å². The SMILES string of the molecule is CC[C@@H](CO)[NH+]1Cc2ccccc2C1. The van der Waals surface area contributed by atoms with Crippen LogP contribution in [0.25, 0.3) is 0 Å². The fourth-order valence-corrected chi connectivity index (χ4v) is 2.29. The molecule has 1 aromatic carbocycles. The predicted octanol–water partition coefficient (Wildman–Crippen LogP) is 0.356. The molecule has 14 heavy (non-hydrogen) atoms. The van der Waals surface area contributed by atoms with E-state index in [9.17, 15) is 5.11 Å². The monoisotopic (exact) mass is 192 g/mol. The van der Waals surface area contributed by atoms with Gasteiger partial charge in [0.15, 0.2) is 0 Å². The van der Waals surface area contributed by atoms with Gasteiger partial charge < -0.3 is 10.0 Å². The van der Waals surface area contributed by atoms with Crippen molar-refractivity contribution in [3.8, 4) is 0 Å². The molecule has 76 valence electrons. The summed E-state index contributed by atoms with van der Waals surface area (Å²) < 4.78 is 0. The fraction of sp³-hybridized carbons (Fsp3) is 0.500. The van der Waals surface area contributed by atoms with Gasteiger partial charge in [-0.25, -0.2) is 0 Å². The van der Waals surface area contributed by atoms with Gasteiger partial charge in [0, 0.05) is 11.1 Å². The Labute approximate surface area is 85.2 Å². The lowest BCUT2D eigenvalue weighted by Crippen LogP contribution is -3.12. The van der Waals surface area contributed by atoms with Gasteiger partial charge in [0.05, 0.1) is 6.61 Å². The molecule has 0 fully saturated rings. The maximum absolute atomic E-state index is 9.24. The van der Waals surface area contributed by atoms with E-state index in [0.29, 0.717) is 12.6 Å². The van der Waals surface area contributed by atoms with Crippen LogP contribution < -0.4 is 4.90 Å². The zero-order valence-electron chi connectivity index (χ0n) is 8.66. The van der Waals surface area contributed by atoms with Crippen LogP contribution in [-0.4, -0.2) is 17.8 Å². The van der Waals surface area contributed by atoms with Crippen molar-refractivity contribution in [2.45, 2.75) is 32.5 Å². The van der Waals surface area contributed by atoms with Gasteiger partial charge in [0.1, 0.15) is 19.1 Å². The van der Waals surface area contributed by atoms with Crippen LogP contribution in [0.4, 0.5) is 0 Å². The van der Waals surface area contributed by atoms with Crippen LogP contribution in [0.15, 0.2) is 24.3 Å². The number of fused-ring (bicyclic) bond motifs is 1. The van der Waals surface area contributed by atoms with Crippen LogP contribution in [0.1, 0.15) is 24.5 Å². The molecular weight excluding hydrogens is 174 g/mol. The first-order valence-corrected chi connectivity index (χ1v) is 5.37. The number of hydrogen-bond donors (Lipinski definition) is 2. The van der Waals surface area contributed by atoms with Gasteiger partial charge in [-0.1, -0.05) is 31.2 Å². The number of nitrogens with one attached hydrogen (secondary N) is 1. The summed E-state index contributed by atoms with van der Waals surface area (Å²) in [6, 6.07) is 9.00. The van der Waals surface area contributed by atoms with Gasteiger partial charge in [-0.3, -0.25) is 0 Å². The number of aliphatic hydroxyl groups is 1. The Balaban J connectivity index is 2.11. The molecule has 1 heterocycles. The molecule has 1 aliphatic rings. The summed E-state index contributed by atoms with van der Waals surface area (Å²) in [5.41, 5.74) is 2.91. The standard InChI is InChI=1S/C12H17NO/c1-2-12(9-14)13-7-10-5-3-4-6-11(10)8-13/h3-6,12,14H,2,7-9H2,1H3/p+1/t12-/m0/s1. The molecule has 0 aromatic heterocycles. The van der Waals surface area contributed by atoms with E-state index in [1.165, 1.54) is 16.0 Å². The van der Waals surface area contributed by atoms with Crippen molar-refractivity contribution in [3.05, 3.63) is 35.4 Å². The lowest BCUT2D eigenvalue weighted by molar-refractivity contribution is -0.946. The van der Waals surface area contributed by atoms with Crippen LogP contribution in [0.2, 0.25) is 0 Å². The van der Waals surface area contributed by atoms with Gasteiger partial charge >= 0.3 is 0 Å². The van der Waals surface area contributed by atoms with Gasteiger partial charge in [-0.2, -0.15) is 0 Å². The summed E-state index contributed by atoms with van der Waals surface area (Å²) in [5, 5.41) is 9.24. The molecule has 0 saturated carbocycles. The molecule has 2 rings (SSSR count). The predicted molar refractivity (Wildman–Crippen MR) is 56.0 cm³/mol. The minimum absolute atomic E-state index is 0.305. The van der Waals surface area contributed by atoms with Crippen LogP contribution in [0.3, 0.4) is 0 Å². The Morgan fingerprint density at radius 3 is 2.29 bits per heavy atom. The number of rotatable bonds is 3. The Morgan fingerprint density at radius 2 is 1.86 bits per heavy atom. The largest absolute Gasteiger partial charge is 0.390 e. The molecule has 2 heteroatoms. The lowest BCUT2D eigenvalue weighted by Gasteiger charge is -2.21. The first-order chi connectivity index (χ1) is 6.85. The van der Waals surface area contributed by atoms with Crippen molar-refractivity contribution in [3.63, 3.8) is 0 Å². The maximum Gasteiger partial charge on any atom is 0.111 e. The molecule has 0 radical (unpaired) electrons. The van der Waals surface area contributed by atoms with Crippen molar-refractivity contribution in [2.24, 2.45) is 0 Å². The normalized spacial score (nSPS) is 18.1. The van der Waals surface area contributed by atoms with Crippen molar-refractivity contribution < 1.29 is 10.0 Å². The van der Waals surface area contributed by atoms with E-state index < -0.39 is 0 Å². The van der Waals surface area contributed by atoms with E-state index in [-0.39, 0.29) is 0 Å². The molecule has 1 atom stereocenters. The van der Waals surface area contributed by atoms with E-state index in [1.807, 2.05) is 0 Å². The number of aliphatic hydroxyl groups excluding tert-OH is 1. The first-order valence-electron chi connectivity index (χ1n) is 5.37. The summed E-state index contributed by atoms with van der Waals surface area (Å²) in [6.07, 6.45) is 1.06. The molecule has 2 nitrogen and oxygen atoms in total. The zero-order valence-corrected chi connectivity index (χ0v) is 8.66. The average Bonchev–Trinajstić information content (AvgIpc) is 2.63. The summed E-state index contributed by atoms with van der Waals surface area (Å²) >= 11 is 0. The van der Waals surface area contributed by atoms with E-state index in [4.69, 9.17) is 0 Å². The quantitative estimate of drug-likeness (QED) is 0.710. The lowest BCUT2D eigenvalue weighted by atomic mass is 10.1. The number of hydrogen-bond acceptors (Lipinski definition) is 1. The van der Waals surface area contributed by atoms with Crippen LogP contribution in [0.5, 0.6) is 0 Å². The minimum Gasteiger partial charge on any atom is -0.390 e. The summed E-state index contributed by atoms with van der Waals surface area (Å²) in [5.74, 6) is 0. The topological polar surface area (TPSA) is 24.7 Å². The Hall–Kier alpha value is -0.860. The first kappa shape index (κ1) is 9.69.